The van der Waals surface area contributed by atoms with Gasteiger partial charge in [0.15, 0.2) is 0 Å². The first-order valence-corrected chi connectivity index (χ1v) is 7.64. The third-order valence-electron chi connectivity index (χ3n) is 3.83. The predicted molar refractivity (Wildman–Crippen MR) is 92.9 cm³/mol. The molecule has 120 valence electrons. The Balaban J connectivity index is 2.36. The quantitative estimate of drug-likeness (QED) is 0.587. The van der Waals surface area contributed by atoms with Gasteiger partial charge in [-0.15, -0.1) is 6.42 Å². The summed E-state index contributed by atoms with van der Waals surface area (Å²) in [7, 11) is 0. The monoisotopic (exact) mass is 311 g/mol. The molecule has 2 nitrogen and oxygen atoms in total. The molecule has 0 aromatic heterocycles. The van der Waals surface area contributed by atoms with Gasteiger partial charge >= 0.3 is 0 Å². The summed E-state index contributed by atoms with van der Waals surface area (Å²) in [5.74, 6) is 2.48. The third-order valence-corrected chi connectivity index (χ3v) is 3.83. The van der Waals surface area contributed by atoms with Gasteiger partial charge in [0.1, 0.15) is 5.82 Å². The zero-order valence-corrected chi connectivity index (χ0v) is 14.1. The molecule has 0 fully saturated rings. The Hall–Kier alpha value is -2.18. The zero-order valence-electron chi connectivity index (χ0n) is 14.1. The molecule has 0 saturated carbocycles. The van der Waals surface area contributed by atoms with Crippen molar-refractivity contribution in [2.45, 2.75) is 39.7 Å². The van der Waals surface area contributed by atoms with E-state index in [1.807, 2.05) is 39.8 Å². The maximum Gasteiger partial charge on any atom is 0.123 e. The first-order valence-electron chi connectivity index (χ1n) is 7.64. The van der Waals surface area contributed by atoms with E-state index in [4.69, 9.17) is 11.2 Å². The molecule has 1 heterocycles. The maximum atomic E-state index is 13.3. The molecule has 1 aliphatic heterocycles. The molecule has 0 spiro atoms. The summed E-state index contributed by atoms with van der Waals surface area (Å²) >= 11 is 0. The van der Waals surface area contributed by atoms with Gasteiger partial charge < -0.3 is 4.74 Å². The third kappa shape index (κ3) is 4.40. The minimum Gasteiger partial charge on any atom is -0.371 e. The number of aliphatic imine (C=N–C) groups is 1. The largest absolute Gasteiger partial charge is 0.371 e. The van der Waals surface area contributed by atoms with Crippen LogP contribution in [0, 0.1) is 18.2 Å². The lowest BCUT2D eigenvalue weighted by molar-refractivity contribution is -0.00863. The van der Waals surface area contributed by atoms with E-state index >= 15 is 0 Å². The van der Waals surface area contributed by atoms with Gasteiger partial charge in [-0.1, -0.05) is 24.1 Å². The predicted octanol–water partition coefficient (Wildman–Crippen LogP) is 4.67. The normalized spacial score (nSPS) is 18.8. The fraction of sp³-hybridized carbons (Fsp3) is 0.350. The average molecular weight is 311 g/mol. The molecule has 23 heavy (non-hydrogen) atoms. The van der Waals surface area contributed by atoms with E-state index in [-0.39, 0.29) is 11.4 Å². The lowest BCUT2D eigenvalue weighted by Gasteiger charge is -2.30. The second-order valence-electron chi connectivity index (χ2n) is 6.29. The van der Waals surface area contributed by atoms with Crippen molar-refractivity contribution >= 4 is 5.71 Å². The molecule has 0 atom stereocenters. The van der Waals surface area contributed by atoms with Gasteiger partial charge in [-0.3, -0.25) is 4.99 Å². The van der Waals surface area contributed by atoms with Crippen molar-refractivity contribution in [3.8, 4) is 12.3 Å². The van der Waals surface area contributed by atoms with Crippen LogP contribution in [0.4, 0.5) is 4.39 Å². The van der Waals surface area contributed by atoms with Gasteiger partial charge in [0.25, 0.3) is 0 Å². The van der Waals surface area contributed by atoms with Crippen molar-refractivity contribution in [2.24, 2.45) is 4.99 Å². The summed E-state index contributed by atoms with van der Waals surface area (Å²) in [4.78, 5) is 4.59. The molecule has 0 N–H and O–H groups in total. The molecule has 1 aliphatic rings. The van der Waals surface area contributed by atoms with Gasteiger partial charge in [0, 0.05) is 17.7 Å². The second kappa shape index (κ2) is 6.93. The van der Waals surface area contributed by atoms with Crippen LogP contribution in [0.25, 0.3) is 0 Å². The number of allylic oxidation sites excluding steroid dienone is 2. The number of rotatable bonds is 3. The lowest BCUT2D eigenvalue weighted by Crippen LogP contribution is -2.29. The van der Waals surface area contributed by atoms with Crippen molar-refractivity contribution < 1.29 is 9.13 Å². The highest BCUT2D eigenvalue weighted by Crippen LogP contribution is 2.30. The number of nitrogens with zero attached hydrogens (tertiary/aromatic N) is 1. The Labute approximate surface area is 137 Å². The maximum absolute atomic E-state index is 13.3. The Bertz CT molecular complexity index is 732. The molecule has 0 bridgehead atoms. The van der Waals surface area contributed by atoms with Crippen LogP contribution in [0.3, 0.4) is 0 Å². The van der Waals surface area contributed by atoms with Crippen molar-refractivity contribution in [3.63, 3.8) is 0 Å². The minimum absolute atomic E-state index is 0.228. The van der Waals surface area contributed by atoms with Gasteiger partial charge in [0.2, 0.25) is 0 Å². The van der Waals surface area contributed by atoms with E-state index in [0.717, 1.165) is 34.5 Å². The first kappa shape index (κ1) is 17.2. The van der Waals surface area contributed by atoms with Crippen molar-refractivity contribution in [1.29, 1.82) is 0 Å². The second-order valence-corrected chi connectivity index (χ2v) is 6.29. The van der Waals surface area contributed by atoms with Gasteiger partial charge in [0.05, 0.1) is 17.9 Å². The Kier molecular flexibility index (Phi) is 5.18. The first-order chi connectivity index (χ1) is 10.8. The molecule has 2 rings (SSSR count). The fourth-order valence-electron chi connectivity index (χ4n) is 2.66. The molecular formula is C20H22FNO. The Morgan fingerprint density at radius 2 is 2.09 bits per heavy atom. The van der Waals surface area contributed by atoms with Crippen LogP contribution >= 0.6 is 0 Å². The van der Waals surface area contributed by atoms with Crippen molar-refractivity contribution in [1.82, 2.24) is 0 Å². The molecular weight excluding hydrogens is 289 g/mol. The number of terminal acetylenes is 1. The standard InChI is InChI=1S/C20H22FNO/c1-6-19(17-10-11-23-20(4,5)13-17)15(3)22-14(2)16-8-7-9-18(21)12-16/h1,7-10,12H,11,13H2,2-5H3/b19-15-,22-14?. The molecule has 0 radical (unpaired) electrons. The molecule has 0 amide bonds. The van der Waals surface area contributed by atoms with Crippen LogP contribution in [-0.2, 0) is 4.74 Å². The fourth-order valence-corrected chi connectivity index (χ4v) is 2.66. The van der Waals surface area contributed by atoms with Crippen LogP contribution < -0.4 is 0 Å². The van der Waals surface area contributed by atoms with E-state index in [9.17, 15) is 4.39 Å². The summed E-state index contributed by atoms with van der Waals surface area (Å²) in [6.45, 7) is 8.39. The number of halogens is 1. The number of hydrogen-bond acceptors (Lipinski definition) is 2. The van der Waals surface area contributed by atoms with Crippen LogP contribution in [0.1, 0.15) is 39.7 Å². The number of hydrogen-bond donors (Lipinski definition) is 0. The van der Waals surface area contributed by atoms with Crippen LogP contribution in [0.2, 0.25) is 0 Å². The molecule has 0 aliphatic carbocycles. The minimum atomic E-state index is -0.273. The van der Waals surface area contributed by atoms with Gasteiger partial charge in [-0.25, -0.2) is 4.39 Å². The summed E-state index contributed by atoms with van der Waals surface area (Å²) < 4.78 is 19.0. The van der Waals surface area contributed by atoms with E-state index in [1.165, 1.54) is 12.1 Å². The highest BCUT2D eigenvalue weighted by atomic mass is 19.1. The van der Waals surface area contributed by atoms with Gasteiger partial charge in [-0.2, -0.15) is 0 Å². The van der Waals surface area contributed by atoms with Crippen molar-refractivity contribution in [2.75, 3.05) is 6.61 Å². The molecule has 0 saturated heterocycles. The van der Waals surface area contributed by atoms with E-state index in [1.54, 1.807) is 6.07 Å². The number of ether oxygens (including phenoxy) is 1. The van der Waals surface area contributed by atoms with Gasteiger partial charge in [-0.05, 0) is 51.0 Å². The highest BCUT2D eigenvalue weighted by molar-refractivity contribution is 5.99. The van der Waals surface area contributed by atoms with Crippen LogP contribution in [-0.4, -0.2) is 17.9 Å². The topological polar surface area (TPSA) is 21.6 Å². The summed E-state index contributed by atoms with van der Waals surface area (Å²) in [5, 5.41) is 0. The molecule has 1 aromatic carbocycles. The van der Waals surface area contributed by atoms with Crippen LogP contribution in [0.15, 0.2) is 52.2 Å². The summed E-state index contributed by atoms with van der Waals surface area (Å²) in [5.41, 5.74) is 3.89. The highest BCUT2D eigenvalue weighted by Gasteiger charge is 2.25. The molecule has 3 heteroatoms. The Morgan fingerprint density at radius 1 is 1.35 bits per heavy atom. The average Bonchev–Trinajstić information content (AvgIpc) is 2.47. The Morgan fingerprint density at radius 3 is 2.70 bits per heavy atom. The van der Waals surface area contributed by atoms with E-state index < -0.39 is 0 Å². The molecule has 0 unspecified atom stereocenters. The van der Waals surface area contributed by atoms with E-state index in [0.29, 0.717) is 6.61 Å². The van der Waals surface area contributed by atoms with Crippen LogP contribution in [0.5, 0.6) is 0 Å². The summed E-state index contributed by atoms with van der Waals surface area (Å²) in [6.07, 6.45) is 8.47. The van der Waals surface area contributed by atoms with E-state index in [2.05, 4.69) is 10.9 Å². The summed E-state index contributed by atoms with van der Waals surface area (Å²) in [6, 6.07) is 6.40. The zero-order chi connectivity index (χ0) is 17.0. The van der Waals surface area contributed by atoms with Crippen molar-refractivity contribution in [3.05, 3.63) is 58.6 Å². The number of benzene rings is 1. The smallest absolute Gasteiger partial charge is 0.123 e. The molecule has 1 aromatic rings. The lowest BCUT2D eigenvalue weighted by atomic mass is 9.90. The SMILES string of the molecule is C#C/C(C1=CCOC(C)(C)C1)=C(\C)N=C(C)c1cccc(F)c1.